The van der Waals surface area contributed by atoms with Crippen molar-refractivity contribution in [3.8, 4) is 0 Å². The summed E-state index contributed by atoms with van der Waals surface area (Å²) in [6, 6.07) is 5.83. The fraction of sp³-hybridized carbons (Fsp3) is 0.407. The molecule has 2 aliphatic heterocycles. The van der Waals surface area contributed by atoms with Gasteiger partial charge in [-0.2, -0.15) is 0 Å². The van der Waals surface area contributed by atoms with Gasteiger partial charge in [0.1, 0.15) is 40.0 Å². The number of hydrogen-bond donors (Lipinski definition) is 4. The number of aliphatic carboxylic acids is 2. The molecule has 0 spiro atoms. The van der Waals surface area contributed by atoms with E-state index in [1.54, 1.807) is 12.1 Å². The Morgan fingerprint density at radius 1 is 1.24 bits per heavy atom. The summed E-state index contributed by atoms with van der Waals surface area (Å²) in [7, 11) is 0. The quantitative estimate of drug-likeness (QED) is 0.0866. The van der Waals surface area contributed by atoms with E-state index < -0.39 is 24.0 Å². The van der Waals surface area contributed by atoms with Crippen LogP contribution in [0, 0.1) is 13.8 Å². The van der Waals surface area contributed by atoms with Crippen LogP contribution in [0.25, 0.3) is 0 Å². The van der Waals surface area contributed by atoms with Gasteiger partial charge >= 0.3 is 11.9 Å². The summed E-state index contributed by atoms with van der Waals surface area (Å²) in [6.45, 7) is 4.60. The molecule has 2 aromatic heterocycles. The number of halogens is 2. The number of nitrogens with zero attached hydrogens (tertiary/aromatic N) is 3. The molecule has 0 radical (unpaired) electrons. The summed E-state index contributed by atoms with van der Waals surface area (Å²) in [5.41, 5.74) is 9.09. The lowest BCUT2D eigenvalue weighted by Gasteiger charge is -2.49. The average molecular weight is 672 g/mol. The van der Waals surface area contributed by atoms with Crippen LogP contribution in [0.15, 0.2) is 40.4 Å². The van der Waals surface area contributed by atoms with Gasteiger partial charge in [0, 0.05) is 55.2 Å². The van der Waals surface area contributed by atoms with Crippen molar-refractivity contribution < 1.29 is 29.2 Å². The Balaban J connectivity index is 1.39. The molecule has 2 aliphatic rings. The maximum atomic E-state index is 13.1. The third-order valence-corrected chi connectivity index (χ3v) is 9.99. The number of thiocarbonyl (C=S) groups is 1. The van der Waals surface area contributed by atoms with E-state index in [1.165, 1.54) is 28.4 Å². The van der Waals surface area contributed by atoms with Crippen molar-refractivity contribution >= 4 is 81.8 Å². The second-order valence-corrected chi connectivity index (χ2v) is 13.4. The van der Waals surface area contributed by atoms with Gasteiger partial charge in [0.2, 0.25) is 0 Å². The highest BCUT2D eigenvalue weighted by atomic mass is 35.5. The molecular formula is C27H30Cl2N5O5S3+. The van der Waals surface area contributed by atoms with Crippen molar-refractivity contribution in [2.45, 2.75) is 62.0 Å². The number of amides is 1. The van der Waals surface area contributed by atoms with Crippen LogP contribution in [0.4, 0.5) is 0 Å². The van der Waals surface area contributed by atoms with Crippen LogP contribution < -0.4 is 15.6 Å². The van der Waals surface area contributed by atoms with Crippen LogP contribution in [0.3, 0.4) is 0 Å². The van der Waals surface area contributed by atoms with E-state index in [1.807, 2.05) is 26.0 Å². The number of aryl methyl sites for hydroxylation is 2. The Morgan fingerprint density at radius 3 is 2.48 bits per heavy atom. The van der Waals surface area contributed by atoms with Crippen molar-refractivity contribution in [1.82, 2.24) is 15.2 Å². The van der Waals surface area contributed by atoms with Gasteiger partial charge in [0.05, 0.1) is 4.99 Å². The van der Waals surface area contributed by atoms with E-state index >= 15 is 0 Å². The fourth-order valence-corrected chi connectivity index (χ4v) is 8.27. The molecule has 1 saturated heterocycles. The SMILES string of the molecule is Cc1cc(SCC2=C(C(=O)O)N3C(=O)[C@H](NC(=S)Cc4cc(Cl)nc(Cl)c4)[C@H]3SC2)cc(C)[n+]1CCC[C@H](N)C(=O)O. The molecule has 0 aliphatic carbocycles. The number of hydrogen-bond acceptors (Lipinski definition) is 8. The zero-order valence-corrected chi connectivity index (χ0v) is 26.8. The lowest BCUT2D eigenvalue weighted by atomic mass is 10.0. The molecule has 0 bridgehead atoms. The number of carbonyl (C=O) groups excluding carboxylic acids is 1. The smallest absolute Gasteiger partial charge is 0.352 e. The zero-order chi connectivity index (χ0) is 30.7. The maximum Gasteiger partial charge on any atom is 0.352 e. The number of pyridine rings is 2. The lowest BCUT2D eigenvalue weighted by Crippen LogP contribution is -2.70. The van der Waals surface area contributed by atoms with Crippen molar-refractivity contribution in [3.05, 3.63) is 62.8 Å². The Labute approximate surface area is 267 Å². The second-order valence-electron chi connectivity index (χ2n) is 10.0. The van der Waals surface area contributed by atoms with Crippen molar-refractivity contribution in [1.29, 1.82) is 0 Å². The van der Waals surface area contributed by atoms with E-state index in [0.29, 0.717) is 47.9 Å². The van der Waals surface area contributed by atoms with E-state index in [2.05, 4.69) is 14.9 Å². The molecule has 0 saturated carbocycles. The van der Waals surface area contributed by atoms with Gasteiger partial charge in [-0.1, -0.05) is 35.4 Å². The van der Waals surface area contributed by atoms with Gasteiger partial charge in [-0.05, 0) is 29.7 Å². The van der Waals surface area contributed by atoms with E-state index in [-0.39, 0.29) is 27.3 Å². The van der Waals surface area contributed by atoms with Crippen LogP contribution in [0.5, 0.6) is 0 Å². The number of aromatic nitrogens is 2. The monoisotopic (exact) mass is 670 g/mol. The molecule has 0 aromatic carbocycles. The number of carboxylic acids is 2. The molecule has 0 unspecified atom stereocenters. The number of nitrogens with two attached hydrogens (primary N) is 1. The summed E-state index contributed by atoms with van der Waals surface area (Å²) in [4.78, 5) is 43.0. The molecule has 2 aromatic rings. The predicted molar refractivity (Wildman–Crippen MR) is 167 cm³/mol. The first-order valence-electron chi connectivity index (χ1n) is 13.0. The van der Waals surface area contributed by atoms with Gasteiger partial charge in [-0.15, -0.1) is 23.5 Å². The molecule has 224 valence electrons. The molecule has 10 nitrogen and oxygen atoms in total. The van der Waals surface area contributed by atoms with Gasteiger partial charge in [-0.25, -0.2) is 14.3 Å². The Morgan fingerprint density at radius 2 is 1.88 bits per heavy atom. The number of fused-ring (bicyclic) bond motifs is 1. The number of rotatable bonds is 12. The van der Waals surface area contributed by atoms with Crippen LogP contribution in [0.2, 0.25) is 10.3 Å². The first-order valence-corrected chi connectivity index (χ1v) is 16.2. The minimum absolute atomic E-state index is 0.0297. The van der Waals surface area contributed by atoms with E-state index in [4.69, 9.17) is 46.3 Å². The summed E-state index contributed by atoms with van der Waals surface area (Å²) in [5, 5.41) is 22.2. The fourth-order valence-electron chi connectivity index (χ4n) is 4.91. The molecule has 1 amide bonds. The summed E-state index contributed by atoms with van der Waals surface area (Å²) in [5.74, 6) is -1.59. The predicted octanol–water partition coefficient (Wildman–Crippen LogP) is 3.36. The number of carboxylic acid groups (broad SMARTS) is 2. The third kappa shape index (κ3) is 7.56. The van der Waals surface area contributed by atoms with Crippen LogP contribution >= 0.6 is 58.9 Å². The van der Waals surface area contributed by atoms with Gasteiger partial charge < -0.3 is 21.3 Å². The Kier molecular flexibility index (Phi) is 10.8. The number of thioether (sulfide) groups is 2. The molecule has 4 rings (SSSR count). The van der Waals surface area contributed by atoms with Crippen molar-refractivity contribution in [3.63, 3.8) is 0 Å². The molecule has 42 heavy (non-hydrogen) atoms. The molecule has 15 heteroatoms. The van der Waals surface area contributed by atoms with Crippen LogP contribution in [0.1, 0.15) is 29.8 Å². The summed E-state index contributed by atoms with van der Waals surface area (Å²) < 4.78 is 2.11. The Bertz CT molecular complexity index is 1430. The zero-order valence-electron chi connectivity index (χ0n) is 22.8. The second kappa shape index (κ2) is 13.9. The number of β-lactam (4-membered cyclic amide) rings is 1. The highest BCUT2D eigenvalue weighted by Crippen LogP contribution is 2.41. The first-order chi connectivity index (χ1) is 19.8. The lowest BCUT2D eigenvalue weighted by molar-refractivity contribution is -0.709. The molecule has 3 atom stereocenters. The van der Waals surface area contributed by atoms with Gasteiger partial charge in [0.15, 0.2) is 11.4 Å². The van der Waals surface area contributed by atoms with E-state index in [9.17, 15) is 19.5 Å². The molecule has 4 heterocycles. The van der Waals surface area contributed by atoms with Crippen molar-refractivity contribution in [2.75, 3.05) is 11.5 Å². The molecule has 5 N–H and O–H groups in total. The average Bonchev–Trinajstić information content (AvgIpc) is 2.90. The van der Waals surface area contributed by atoms with Gasteiger partial charge in [-0.3, -0.25) is 14.5 Å². The van der Waals surface area contributed by atoms with Crippen molar-refractivity contribution in [2.24, 2.45) is 5.73 Å². The van der Waals surface area contributed by atoms with E-state index in [0.717, 1.165) is 21.8 Å². The molecular weight excluding hydrogens is 641 g/mol. The highest BCUT2D eigenvalue weighted by molar-refractivity contribution is 8.01. The number of nitrogens with one attached hydrogen (secondary N) is 1. The molecule has 1 fully saturated rings. The number of carbonyl (C=O) groups is 3. The van der Waals surface area contributed by atoms with Gasteiger partial charge in [0.25, 0.3) is 5.91 Å². The maximum absolute atomic E-state index is 13.1. The standard InChI is InChI=1S/C27H29Cl2N5O5S3/c1-13-6-17(7-14(2)33(13)5-3-4-18(30)26(36)37)41-11-16-12-42-25-22(24(35)34(25)23(16)27(38)39)32-21(40)10-15-8-19(28)31-20(29)9-15/h6-9,18,22,25H,3-5,10-12,30H2,1-2H3,(H2-,32,36,37,38,39,40)/p+1/t18-,22-,25+/m0/s1. The van der Waals surface area contributed by atoms with Crippen LogP contribution in [-0.2, 0) is 27.3 Å². The highest BCUT2D eigenvalue weighted by Gasteiger charge is 2.53. The Hall–Kier alpha value is -2.42. The summed E-state index contributed by atoms with van der Waals surface area (Å²) in [6.07, 6.45) is 1.33. The topological polar surface area (TPSA) is 150 Å². The normalized spacial score (nSPS) is 18.8. The largest absolute Gasteiger partial charge is 0.480 e. The minimum atomic E-state index is -1.14. The first kappa shape index (κ1) is 32.5. The third-order valence-electron chi connectivity index (χ3n) is 6.93. The minimum Gasteiger partial charge on any atom is -0.480 e. The summed E-state index contributed by atoms with van der Waals surface area (Å²) >= 11 is 20.4. The van der Waals surface area contributed by atoms with Crippen LogP contribution in [-0.4, -0.2) is 71.9 Å².